The third kappa shape index (κ3) is 4.57. The van der Waals surface area contributed by atoms with Crippen molar-refractivity contribution < 1.29 is 14.3 Å². The lowest BCUT2D eigenvalue weighted by molar-refractivity contribution is 0.0681. The minimum atomic E-state index is -0.270. The van der Waals surface area contributed by atoms with Gasteiger partial charge >= 0.3 is 0 Å². The van der Waals surface area contributed by atoms with Crippen molar-refractivity contribution in [2.24, 2.45) is 0 Å². The highest BCUT2D eigenvalue weighted by Gasteiger charge is 2.26. The number of nitrogens with zero attached hydrogens (tertiary/aromatic N) is 2. The van der Waals surface area contributed by atoms with Crippen LogP contribution >= 0.6 is 0 Å². The van der Waals surface area contributed by atoms with Crippen LogP contribution in [0.25, 0.3) is 21.9 Å². The molecule has 0 saturated heterocycles. The highest BCUT2D eigenvalue weighted by molar-refractivity contribution is 5.98. The maximum atomic E-state index is 13.8. The predicted octanol–water partition coefficient (Wildman–Crippen LogP) is 5.51. The van der Waals surface area contributed by atoms with Crippen molar-refractivity contribution in [3.63, 3.8) is 0 Å². The number of fused-ring (bicyclic) bond motifs is 2. The van der Waals surface area contributed by atoms with Crippen LogP contribution in [0.5, 0.6) is 11.5 Å². The summed E-state index contributed by atoms with van der Waals surface area (Å²) in [6.07, 6.45) is 0.629. The first-order valence-corrected chi connectivity index (χ1v) is 11.6. The van der Waals surface area contributed by atoms with Gasteiger partial charge in [-0.25, -0.2) is 4.98 Å². The van der Waals surface area contributed by atoms with E-state index in [2.05, 4.69) is 9.97 Å². The predicted molar refractivity (Wildman–Crippen MR) is 137 cm³/mol. The Morgan fingerprint density at radius 2 is 1.60 bits per heavy atom. The average molecular weight is 469 g/mol. The molecule has 0 spiro atoms. The maximum Gasteiger partial charge on any atom is 0.270 e. The van der Waals surface area contributed by atoms with Gasteiger partial charge in [-0.05, 0) is 55.3 Å². The molecule has 7 heteroatoms. The summed E-state index contributed by atoms with van der Waals surface area (Å²) in [6, 6.07) is 23.2. The fourth-order valence-corrected chi connectivity index (χ4v) is 4.39. The van der Waals surface area contributed by atoms with Gasteiger partial charge in [0.15, 0.2) is 0 Å². The molecule has 7 nitrogen and oxygen atoms in total. The largest absolute Gasteiger partial charge is 0.497 e. The van der Waals surface area contributed by atoms with Crippen molar-refractivity contribution in [1.29, 1.82) is 0 Å². The van der Waals surface area contributed by atoms with E-state index in [1.165, 1.54) is 0 Å². The number of hydrogen-bond acceptors (Lipinski definition) is 4. The number of amides is 1. The third-order valence-electron chi connectivity index (χ3n) is 6.34. The average Bonchev–Trinajstić information content (AvgIpc) is 3.52. The summed E-state index contributed by atoms with van der Waals surface area (Å²) in [6.45, 7) is 2.49. The summed E-state index contributed by atoms with van der Waals surface area (Å²) < 4.78 is 10.8. The van der Waals surface area contributed by atoms with Gasteiger partial charge in [0.1, 0.15) is 23.0 Å². The van der Waals surface area contributed by atoms with Crippen molar-refractivity contribution in [2.45, 2.75) is 19.4 Å². The van der Waals surface area contributed by atoms with Gasteiger partial charge in [-0.2, -0.15) is 0 Å². The van der Waals surface area contributed by atoms with Crippen molar-refractivity contribution in [3.8, 4) is 11.5 Å². The minimum Gasteiger partial charge on any atom is -0.497 e. The molecule has 1 amide bonds. The smallest absolute Gasteiger partial charge is 0.270 e. The maximum absolute atomic E-state index is 13.8. The van der Waals surface area contributed by atoms with Crippen molar-refractivity contribution in [2.75, 3.05) is 20.8 Å². The number of aromatic nitrogens is 3. The first-order valence-electron chi connectivity index (χ1n) is 11.6. The molecule has 5 aromatic rings. The van der Waals surface area contributed by atoms with E-state index in [-0.39, 0.29) is 11.9 Å². The number of rotatable bonds is 8. The fourth-order valence-electron chi connectivity index (χ4n) is 4.39. The number of benzene rings is 3. The van der Waals surface area contributed by atoms with Crippen molar-refractivity contribution in [3.05, 3.63) is 89.9 Å². The molecule has 178 valence electrons. The van der Waals surface area contributed by atoms with E-state index in [0.717, 1.165) is 44.8 Å². The quantitative estimate of drug-likeness (QED) is 0.315. The molecule has 2 heterocycles. The van der Waals surface area contributed by atoms with Crippen LogP contribution in [0.1, 0.15) is 34.8 Å². The number of methoxy groups -OCH3 is 2. The third-order valence-corrected chi connectivity index (χ3v) is 6.34. The lowest BCUT2D eigenvalue weighted by atomic mass is 10.1. The number of carbonyl (C=O) groups excluding carboxylic acids is 1. The number of ether oxygens (including phenoxy) is 2. The summed E-state index contributed by atoms with van der Waals surface area (Å²) in [7, 11) is 3.27. The second-order valence-corrected chi connectivity index (χ2v) is 8.55. The van der Waals surface area contributed by atoms with Crippen LogP contribution in [0.3, 0.4) is 0 Å². The highest BCUT2D eigenvalue weighted by Crippen LogP contribution is 2.27. The summed E-state index contributed by atoms with van der Waals surface area (Å²) in [5.41, 5.74) is 4.34. The van der Waals surface area contributed by atoms with Gasteiger partial charge in [0, 0.05) is 23.5 Å². The Bertz CT molecular complexity index is 1400. The van der Waals surface area contributed by atoms with Gasteiger partial charge in [0.05, 0.1) is 31.3 Å². The molecule has 0 saturated carbocycles. The Morgan fingerprint density at radius 3 is 2.29 bits per heavy atom. The van der Waals surface area contributed by atoms with Gasteiger partial charge < -0.3 is 24.3 Å². The van der Waals surface area contributed by atoms with Crippen molar-refractivity contribution in [1.82, 2.24) is 19.9 Å². The Hall–Kier alpha value is -4.26. The molecule has 1 unspecified atom stereocenters. The summed E-state index contributed by atoms with van der Waals surface area (Å²) >= 11 is 0. The molecule has 0 aliphatic carbocycles. The summed E-state index contributed by atoms with van der Waals surface area (Å²) in [4.78, 5) is 27.1. The Kier molecular flexibility index (Phi) is 6.14. The van der Waals surface area contributed by atoms with Crippen LogP contribution in [0, 0.1) is 0 Å². The van der Waals surface area contributed by atoms with E-state index in [1.54, 1.807) is 14.2 Å². The molecule has 0 fully saturated rings. The van der Waals surface area contributed by atoms with Crippen LogP contribution < -0.4 is 9.47 Å². The zero-order valence-corrected chi connectivity index (χ0v) is 20.0. The minimum absolute atomic E-state index is 0.0796. The Labute approximate surface area is 203 Å². The molecule has 0 bridgehead atoms. The molecule has 2 aromatic heterocycles. The van der Waals surface area contributed by atoms with Crippen LogP contribution in [0.2, 0.25) is 0 Å². The number of nitrogens with one attached hydrogen (secondary N) is 2. The second-order valence-electron chi connectivity index (χ2n) is 8.55. The molecule has 0 aliphatic rings. The normalized spacial score (nSPS) is 12.1. The van der Waals surface area contributed by atoms with Crippen molar-refractivity contribution >= 4 is 27.8 Å². The molecule has 0 radical (unpaired) electrons. The van der Waals surface area contributed by atoms with E-state index >= 15 is 0 Å². The number of hydrogen-bond donors (Lipinski definition) is 2. The van der Waals surface area contributed by atoms with Gasteiger partial charge in [0.2, 0.25) is 0 Å². The Morgan fingerprint density at radius 1 is 0.914 bits per heavy atom. The molecule has 3 aromatic carbocycles. The molecular weight excluding hydrogens is 440 g/mol. The standard InChI is InChI=1S/C28H28N4O3/c1-18(27-30-24-10-6-7-11-25(24)31-27)32(13-12-19-14-21(34-2)17-22(15-19)35-3)28(33)26-16-20-8-4-5-9-23(20)29-26/h4-11,14-18,29H,12-13H2,1-3H3,(H,30,31). The van der Waals surface area contributed by atoms with Crippen LogP contribution in [-0.4, -0.2) is 46.5 Å². The monoisotopic (exact) mass is 468 g/mol. The van der Waals surface area contributed by atoms with E-state index in [1.807, 2.05) is 84.6 Å². The lowest BCUT2D eigenvalue weighted by Crippen LogP contribution is -2.36. The molecule has 35 heavy (non-hydrogen) atoms. The molecule has 2 N–H and O–H groups in total. The SMILES string of the molecule is COc1cc(CCN(C(=O)c2cc3ccccc3[nH]2)C(C)c2nc3ccccc3[nH]2)cc(OC)c1. The number of H-pyrrole nitrogens is 2. The summed E-state index contributed by atoms with van der Waals surface area (Å²) in [5.74, 6) is 2.11. The molecular formula is C28H28N4O3. The molecule has 1 atom stereocenters. The highest BCUT2D eigenvalue weighted by atomic mass is 16.5. The summed E-state index contributed by atoms with van der Waals surface area (Å²) in [5, 5.41) is 1.00. The van der Waals surface area contributed by atoms with Gasteiger partial charge in [-0.15, -0.1) is 0 Å². The van der Waals surface area contributed by atoms with Crippen LogP contribution in [0.4, 0.5) is 0 Å². The fraction of sp³-hybridized carbons (Fsp3) is 0.214. The first-order chi connectivity index (χ1) is 17.1. The second kappa shape index (κ2) is 9.54. The van der Waals surface area contributed by atoms with E-state index in [0.29, 0.717) is 18.7 Å². The number of imidazole rings is 1. The Balaban J connectivity index is 1.48. The number of carbonyl (C=O) groups is 1. The van der Waals surface area contributed by atoms with Crippen LogP contribution in [-0.2, 0) is 6.42 Å². The number of para-hydroxylation sites is 3. The van der Waals surface area contributed by atoms with E-state index in [4.69, 9.17) is 14.5 Å². The molecule has 5 rings (SSSR count). The first kappa shape index (κ1) is 22.5. The van der Waals surface area contributed by atoms with Gasteiger partial charge in [-0.3, -0.25) is 4.79 Å². The van der Waals surface area contributed by atoms with E-state index < -0.39 is 0 Å². The van der Waals surface area contributed by atoms with Gasteiger partial charge in [-0.1, -0.05) is 30.3 Å². The lowest BCUT2D eigenvalue weighted by Gasteiger charge is -2.28. The zero-order valence-electron chi connectivity index (χ0n) is 20.0. The number of aromatic amines is 2. The topological polar surface area (TPSA) is 83.2 Å². The van der Waals surface area contributed by atoms with E-state index in [9.17, 15) is 4.79 Å². The zero-order chi connectivity index (χ0) is 24.4. The molecule has 0 aliphatic heterocycles. The van der Waals surface area contributed by atoms with Gasteiger partial charge in [0.25, 0.3) is 5.91 Å². The van der Waals surface area contributed by atoms with Crippen LogP contribution in [0.15, 0.2) is 72.8 Å².